The van der Waals surface area contributed by atoms with Crippen molar-refractivity contribution in [2.45, 2.75) is 24.2 Å². The number of hydrogen-bond acceptors (Lipinski definition) is 5. The standard InChI is InChI=1S/C17H14Cl2F2O5S/c1-2-25-16(22)11-7-13(18)15(14(19)8-11)26-9-10-3-5-12(6-4-10)27(23,24)17(20)21/h3-8,17H,2,9H2,1H3. The molecule has 0 saturated heterocycles. The molecule has 0 radical (unpaired) electrons. The molecule has 0 N–H and O–H groups in total. The van der Waals surface area contributed by atoms with E-state index < -0.39 is 26.5 Å². The minimum Gasteiger partial charge on any atom is -0.486 e. The third-order valence-electron chi connectivity index (χ3n) is 3.38. The highest BCUT2D eigenvalue weighted by Gasteiger charge is 2.26. The topological polar surface area (TPSA) is 69.7 Å². The van der Waals surface area contributed by atoms with Crippen molar-refractivity contribution < 1.29 is 31.5 Å². The molecule has 0 saturated carbocycles. The van der Waals surface area contributed by atoms with Crippen LogP contribution < -0.4 is 4.74 Å². The fourth-order valence-electron chi connectivity index (χ4n) is 2.06. The summed E-state index contributed by atoms with van der Waals surface area (Å²) in [4.78, 5) is 11.2. The van der Waals surface area contributed by atoms with E-state index >= 15 is 0 Å². The Bertz CT molecular complexity index is 908. The van der Waals surface area contributed by atoms with Gasteiger partial charge >= 0.3 is 11.7 Å². The van der Waals surface area contributed by atoms with Crippen LogP contribution >= 0.6 is 23.2 Å². The number of rotatable bonds is 7. The van der Waals surface area contributed by atoms with Gasteiger partial charge in [-0.1, -0.05) is 35.3 Å². The second kappa shape index (κ2) is 8.86. The lowest BCUT2D eigenvalue weighted by Gasteiger charge is -2.12. The van der Waals surface area contributed by atoms with Crippen LogP contribution in [0.15, 0.2) is 41.3 Å². The zero-order valence-corrected chi connectivity index (χ0v) is 16.2. The zero-order chi connectivity index (χ0) is 20.2. The van der Waals surface area contributed by atoms with Gasteiger partial charge in [-0.05, 0) is 36.8 Å². The molecule has 0 atom stereocenters. The van der Waals surface area contributed by atoms with Gasteiger partial charge in [0.1, 0.15) is 6.61 Å². The molecular weight excluding hydrogens is 425 g/mol. The number of benzene rings is 2. The van der Waals surface area contributed by atoms with Gasteiger partial charge in [-0.3, -0.25) is 0 Å². The Hall–Kier alpha value is -1.90. The minimum absolute atomic E-state index is 0.0484. The van der Waals surface area contributed by atoms with Crippen molar-refractivity contribution in [3.8, 4) is 5.75 Å². The van der Waals surface area contributed by atoms with Gasteiger partial charge in [0, 0.05) is 0 Å². The van der Waals surface area contributed by atoms with Crippen molar-refractivity contribution in [2.24, 2.45) is 0 Å². The van der Waals surface area contributed by atoms with E-state index in [0.717, 1.165) is 12.1 Å². The molecule has 0 aliphatic rings. The van der Waals surface area contributed by atoms with Crippen LogP contribution in [0.4, 0.5) is 8.78 Å². The van der Waals surface area contributed by atoms with E-state index in [9.17, 15) is 22.0 Å². The van der Waals surface area contributed by atoms with Gasteiger partial charge < -0.3 is 9.47 Å². The predicted octanol–water partition coefficient (Wildman–Crippen LogP) is 4.75. The summed E-state index contributed by atoms with van der Waals surface area (Å²) in [5.74, 6) is -3.95. The molecular formula is C17H14Cl2F2O5S. The quantitative estimate of drug-likeness (QED) is 0.583. The molecule has 0 aromatic heterocycles. The van der Waals surface area contributed by atoms with Crippen molar-refractivity contribution in [1.29, 1.82) is 0 Å². The van der Waals surface area contributed by atoms with Crippen molar-refractivity contribution in [3.05, 3.63) is 57.6 Å². The first-order valence-corrected chi connectivity index (χ1v) is 9.87. The third-order valence-corrected chi connectivity index (χ3v) is 5.34. The van der Waals surface area contributed by atoms with E-state index in [4.69, 9.17) is 32.7 Å². The molecule has 0 aliphatic carbocycles. The van der Waals surface area contributed by atoms with E-state index in [1.807, 2.05) is 0 Å². The molecule has 5 nitrogen and oxygen atoms in total. The summed E-state index contributed by atoms with van der Waals surface area (Å²) >= 11 is 12.2. The van der Waals surface area contributed by atoms with E-state index in [1.165, 1.54) is 24.3 Å². The van der Waals surface area contributed by atoms with Gasteiger partial charge in [0.15, 0.2) is 5.75 Å². The number of carbonyl (C=O) groups is 1. The van der Waals surface area contributed by atoms with Gasteiger partial charge in [-0.2, -0.15) is 8.78 Å². The Morgan fingerprint density at radius 3 is 2.15 bits per heavy atom. The Labute approximate surface area is 164 Å². The number of hydrogen-bond donors (Lipinski definition) is 0. The summed E-state index contributed by atoms with van der Waals surface area (Å²) in [6.07, 6.45) is 0. The number of alkyl halides is 2. The maximum atomic E-state index is 12.5. The van der Waals surface area contributed by atoms with Crippen LogP contribution in [0.5, 0.6) is 5.75 Å². The second-order valence-corrected chi connectivity index (χ2v) is 7.96. The maximum absolute atomic E-state index is 12.5. The molecule has 2 rings (SSSR count). The molecule has 0 bridgehead atoms. The van der Waals surface area contributed by atoms with Gasteiger partial charge in [0.2, 0.25) is 9.84 Å². The summed E-state index contributed by atoms with van der Waals surface area (Å²) in [6.45, 7) is 1.81. The fraction of sp³-hybridized carbons (Fsp3) is 0.235. The molecule has 0 spiro atoms. The van der Waals surface area contributed by atoms with Crippen molar-refractivity contribution in [1.82, 2.24) is 0 Å². The highest BCUT2D eigenvalue weighted by Crippen LogP contribution is 2.35. The number of sulfone groups is 1. The summed E-state index contributed by atoms with van der Waals surface area (Å²) in [5, 5.41) is 0.171. The first-order valence-electron chi connectivity index (χ1n) is 7.56. The molecule has 146 valence electrons. The van der Waals surface area contributed by atoms with Crippen molar-refractivity contribution in [3.63, 3.8) is 0 Å². The second-order valence-electron chi connectivity index (χ2n) is 5.23. The first-order chi connectivity index (χ1) is 12.7. The minimum atomic E-state index is -4.65. The molecule has 0 heterocycles. The number of ether oxygens (including phenoxy) is 2. The monoisotopic (exact) mass is 438 g/mol. The Morgan fingerprint density at radius 2 is 1.67 bits per heavy atom. The molecule has 0 unspecified atom stereocenters. The van der Waals surface area contributed by atoms with E-state index in [-0.39, 0.29) is 34.6 Å². The molecule has 0 amide bonds. The SMILES string of the molecule is CCOC(=O)c1cc(Cl)c(OCc2ccc(S(=O)(=O)C(F)F)cc2)c(Cl)c1. The van der Waals surface area contributed by atoms with Crippen molar-refractivity contribution >= 4 is 39.0 Å². The lowest BCUT2D eigenvalue weighted by molar-refractivity contribution is 0.0526. The van der Waals surface area contributed by atoms with Crippen molar-refractivity contribution in [2.75, 3.05) is 6.61 Å². The average molecular weight is 439 g/mol. The largest absolute Gasteiger partial charge is 0.486 e. The van der Waals surface area contributed by atoms with Crippen LogP contribution in [-0.2, 0) is 21.2 Å². The summed E-state index contributed by atoms with van der Waals surface area (Å²) in [6, 6.07) is 7.49. The summed E-state index contributed by atoms with van der Waals surface area (Å²) < 4.78 is 58.2. The highest BCUT2D eigenvalue weighted by molar-refractivity contribution is 7.91. The van der Waals surface area contributed by atoms with Crippen LogP contribution in [0.2, 0.25) is 10.0 Å². The molecule has 27 heavy (non-hydrogen) atoms. The lowest BCUT2D eigenvalue weighted by atomic mass is 10.2. The van der Waals surface area contributed by atoms with Crippen LogP contribution in [0.3, 0.4) is 0 Å². The number of carbonyl (C=O) groups excluding carboxylic acids is 1. The van der Waals surface area contributed by atoms with Crippen LogP contribution in [0.25, 0.3) is 0 Å². The molecule has 0 aliphatic heterocycles. The lowest BCUT2D eigenvalue weighted by Crippen LogP contribution is -2.11. The van der Waals surface area contributed by atoms with Gasteiger partial charge in [0.25, 0.3) is 0 Å². The summed E-state index contributed by atoms with van der Waals surface area (Å²) in [7, 11) is -4.65. The summed E-state index contributed by atoms with van der Waals surface area (Å²) in [5.41, 5.74) is 0.672. The Kier molecular flexibility index (Phi) is 7.02. The first kappa shape index (κ1) is 21.4. The van der Waals surface area contributed by atoms with E-state index in [1.54, 1.807) is 6.92 Å². The molecule has 10 heteroatoms. The van der Waals surface area contributed by atoms with Crippen LogP contribution in [0.1, 0.15) is 22.8 Å². The zero-order valence-electron chi connectivity index (χ0n) is 13.9. The van der Waals surface area contributed by atoms with Gasteiger partial charge in [-0.25, -0.2) is 13.2 Å². The van der Waals surface area contributed by atoms with Gasteiger partial charge in [0.05, 0.1) is 27.1 Å². The smallest absolute Gasteiger partial charge is 0.341 e. The third kappa shape index (κ3) is 5.09. The molecule has 2 aromatic carbocycles. The predicted molar refractivity (Wildman–Crippen MR) is 96.4 cm³/mol. The normalized spacial score (nSPS) is 11.5. The number of halogens is 4. The Balaban J connectivity index is 2.14. The Morgan fingerprint density at radius 1 is 1.11 bits per heavy atom. The molecule has 2 aromatic rings. The number of esters is 1. The van der Waals surface area contributed by atoms with E-state index in [2.05, 4.69) is 0 Å². The van der Waals surface area contributed by atoms with Crippen LogP contribution in [-0.4, -0.2) is 26.8 Å². The van der Waals surface area contributed by atoms with E-state index in [0.29, 0.717) is 5.56 Å². The van der Waals surface area contributed by atoms with Gasteiger partial charge in [-0.15, -0.1) is 0 Å². The van der Waals surface area contributed by atoms with Crippen LogP contribution in [0, 0.1) is 0 Å². The fourth-order valence-corrected chi connectivity index (χ4v) is 3.38. The molecule has 0 fully saturated rings. The average Bonchev–Trinajstić information content (AvgIpc) is 2.61. The maximum Gasteiger partial charge on any atom is 0.341 e. The highest BCUT2D eigenvalue weighted by atomic mass is 35.5.